The molecular formula is C17H20N2O2S. The summed E-state index contributed by atoms with van der Waals surface area (Å²) in [5.41, 5.74) is 2.47. The maximum absolute atomic E-state index is 12.1. The highest BCUT2D eigenvalue weighted by atomic mass is 32.1. The average Bonchev–Trinajstić information content (AvgIpc) is 3.19. The first kappa shape index (κ1) is 15.2. The minimum Gasteiger partial charge on any atom is -0.379 e. The van der Waals surface area contributed by atoms with Crippen LogP contribution < -0.4 is 5.32 Å². The third kappa shape index (κ3) is 4.15. The van der Waals surface area contributed by atoms with Crippen molar-refractivity contribution in [1.29, 1.82) is 0 Å². The van der Waals surface area contributed by atoms with E-state index < -0.39 is 0 Å². The monoisotopic (exact) mass is 316 g/mol. The van der Waals surface area contributed by atoms with E-state index in [9.17, 15) is 4.79 Å². The summed E-state index contributed by atoms with van der Waals surface area (Å²) in [4.78, 5) is 16.2. The lowest BCUT2D eigenvalue weighted by atomic mass is 9.95. The number of nitrogens with zero attached hydrogens (tertiary/aromatic N) is 1. The molecule has 1 aliphatic rings. The second-order valence-electron chi connectivity index (χ2n) is 5.66. The number of aromatic nitrogens is 1. The summed E-state index contributed by atoms with van der Waals surface area (Å²) in [5, 5.41) is 7.28. The number of carbonyl (C=O) groups excluding carboxylic acids is 1. The van der Waals surface area contributed by atoms with Gasteiger partial charge in [-0.1, -0.05) is 0 Å². The maximum atomic E-state index is 12.1. The smallest absolute Gasteiger partial charge is 0.220 e. The van der Waals surface area contributed by atoms with Crippen molar-refractivity contribution in [3.63, 3.8) is 0 Å². The molecule has 3 rings (SSSR count). The van der Waals surface area contributed by atoms with Gasteiger partial charge in [-0.25, -0.2) is 0 Å². The average molecular weight is 316 g/mol. The first-order chi connectivity index (χ1) is 10.8. The summed E-state index contributed by atoms with van der Waals surface area (Å²) in [5.74, 6) is 0.453. The summed E-state index contributed by atoms with van der Waals surface area (Å²) in [6.45, 7) is 1.32. The fourth-order valence-corrected chi connectivity index (χ4v) is 3.46. The molecule has 1 N–H and O–H groups in total. The summed E-state index contributed by atoms with van der Waals surface area (Å²) in [6.07, 6.45) is 5.87. The summed E-state index contributed by atoms with van der Waals surface area (Å²) in [7, 11) is 0. The molecule has 4 nitrogen and oxygen atoms in total. The quantitative estimate of drug-likeness (QED) is 0.890. The second kappa shape index (κ2) is 7.51. The van der Waals surface area contributed by atoms with Gasteiger partial charge < -0.3 is 10.1 Å². The van der Waals surface area contributed by atoms with Gasteiger partial charge in [-0.05, 0) is 52.9 Å². The second-order valence-corrected chi connectivity index (χ2v) is 6.44. The fourth-order valence-electron chi connectivity index (χ4n) is 2.75. The van der Waals surface area contributed by atoms with Gasteiger partial charge >= 0.3 is 0 Å². The standard InChI is InChI=1S/C17H20N2O2S/c20-17(2-1-14-5-8-22-12-14)19-16-11-21-10-15(16)9-13-3-6-18-7-4-13/h3-8,12,15-16H,1-2,9-11H2,(H,19,20). The fraction of sp³-hybridized carbons (Fsp3) is 0.412. The Morgan fingerprint density at radius 2 is 2.14 bits per heavy atom. The van der Waals surface area contributed by atoms with Crippen LogP contribution in [0.15, 0.2) is 41.4 Å². The molecule has 1 aliphatic heterocycles. The van der Waals surface area contributed by atoms with E-state index in [-0.39, 0.29) is 11.9 Å². The number of carbonyl (C=O) groups is 1. The van der Waals surface area contributed by atoms with Crippen LogP contribution >= 0.6 is 11.3 Å². The van der Waals surface area contributed by atoms with E-state index in [1.807, 2.05) is 17.5 Å². The van der Waals surface area contributed by atoms with Crippen molar-refractivity contribution >= 4 is 17.2 Å². The van der Waals surface area contributed by atoms with Crippen molar-refractivity contribution in [3.05, 3.63) is 52.5 Å². The Morgan fingerprint density at radius 1 is 1.27 bits per heavy atom. The van der Waals surface area contributed by atoms with E-state index in [0.29, 0.717) is 25.6 Å². The number of nitrogens with one attached hydrogen (secondary N) is 1. The van der Waals surface area contributed by atoms with Crippen LogP contribution in [0.5, 0.6) is 0 Å². The van der Waals surface area contributed by atoms with Crippen molar-refractivity contribution in [2.45, 2.75) is 25.3 Å². The molecule has 5 heteroatoms. The lowest BCUT2D eigenvalue weighted by Gasteiger charge is -2.19. The number of amides is 1. The van der Waals surface area contributed by atoms with Crippen molar-refractivity contribution in [2.24, 2.45) is 5.92 Å². The molecule has 0 aromatic carbocycles. The zero-order chi connectivity index (χ0) is 15.2. The molecule has 1 fully saturated rings. The molecule has 1 amide bonds. The van der Waals surface area contributed by atoms with Gasteiger partial charge in [0, 0.05) is 24.7 Å². The SMILES string of the molecule is O=C(CCc1ccsc1)NC1COCC1Cc1ccncc1. The predicted octanol–water partition coefficient (Wildman–Crippen LogP) is 2.45. The van der Waals surface area contributed by atoms with Gasteiger partial charge in [-0.15, -0.1) is 0 Å². The molecule has 2 atom stereocenters. The lowest BCUT2D eigenvalue weighted by molar-refractivity contribution is -0.122. The minimum atomic E-state index is 0.112. The molecule has 0 bridgehead atoms. The summed E-state index contributed by atoms with van der Waals surface area (Å²) >= 11 is 1.67. The Morgan fingerprint density at radius 3 is 2.91 bits per heavy atom. The third-order valence-corrected chi connectivity index (χ3v) is 4.74. The van der Waals surface area contributed by atoms with E-state index in [4.69, 9.17) is 4.74 Å². The van der Waals surface area contributed by atoms with Crippen LogP contribution in [0, 0.1) is 5.92 Å². The Hall–Kier alpha value is -1.72. The van der Waals surface area contributed by atoms with Gasteiger partial charge in [0.2, 0.25) is 5.91 Å². The molecule has 3 heterocycles. The molecule has 2 aromatic heterocycles. The van der Waals surface area contributed by atoms with Crippen molar-refractivity contribution in [1.82, 2.24) is 10.3 Å². The predicted molar refractivity (Wildman–Crippen MR) is 86.8 cm³/mol. The first-order valence-electron chi connectivity index (χ1n) is 7.58. The van der Waals surface area contributed by atoms with Crippen LogP contribution in [0.1, 0.15) is 17.5 Å². The molecule has 116 valence electrons. The highest BCUT2D eigenvalue weighted by molar-refractivity contribution is 7.07. The highest BCUT2D eigenvalue weighted by Crippen LogP contribution is 2.19. The molecule has 0 saturated carbocycles. The third-order valence-electron chi connectivity index (χ3n) is 4.01. The lowest BCUT2D eigenvalue weighted by Crippen LogP contribution is -2.40. The van der Waals surface area contributed by atoms with E-state index in [1.54, 1.807) is 23.7 Å². The van der Waals surface area contributed by atoms with E-state index in [2.05, 4.69) is 21.7 Å². The number of thiophene rings is 1. The molecule has 0 aliphatic carbocycles. The number of hydrogen-bond acceptors (Lipinski definition) is 4. The molecule has 1 saturated heterocycles. The minimum absolute atomic E-state index is 0.112. The van der Waals surface area contributed by atoms with E-state index in [0.717, 1.165) is 12.8 Å². The topological polar surface area (TPSA) is 51.2 Å². The first-order valence-corrected chi connectivity index (χ1v) is 8.52. The van der Waals surface area contributed by atoms with Gasteiger partial charge in [0.1, 0.15) is 0 Å². The van der Waals surface area contributed by atoms with E-state index in [1.165, 1.54) is 11.1 Å². The number of ether oxygens (including phenoxy) is 1. The number of aryl methyl sites for hydroxylation is 1. The van der Waals surface area contributed by atoms with Crippen molar-refractivity contribution in [2.75, 3.05) is 13.2 Å². The van der Waals surface area contributed by atoms with Gasteiger partial charge in [-0.3, -0.25) is 9.78 Å². The summed E-state index contributed by atoms with van der Waals surface area (Å²) in [6, 6.07) is 6.23. The van der Waals surface area contributed by atoms with Crippen LogP contribution in [0.3, 0.4) is 0 Å². The number of rotatable bonds is 6. The number of hydrogen-bond donors (Lipinski definition) is 1. The summed E-state index contributed by atoms with van der Waals surface area (Å²) < 4.78 is 5.56. The van der Waals surface area contributed by atoms with Gasteiger partial charge in [-0.2, -0.15) is 11.3 Å². The molecule has 22 heavy (non-hydrogen) atoms. The van der Waals surface area contributed by atoms with E-state index >= 15 is 0 Å². The van der Waals surface area contributed by atoms with Crippen LogP contribution in [0.4, 0.5) is 0 Å². The molecule has 0 radical (unpaired) electrons. The molecule has 0 spiro atoms. The molecule has 2 aromatic rings. The highest BCUT2D eigenvalue weighted by Gasteiger charge is 2.29. The number of pyridine rings is 1. The Bertz CT molecular complexity index is 586. The van der Waals surface area contributed by atoms with Gasteiger partial charge in [0.05, 0.1) is 19.3 Å². The molecular weight excluding hydrogens is 296 g/mol. The Kier molecular flexibility index (Phi) is 5.19. The maximum Gasteiger partial charge on any atom is 0.220 e. The Balaban J connectivity index is 1.49. The van der Waals surface area contributed by atoms with Crippen LogP contribution in [-0.4, -0.2) is 30.1 Å². The van der Waals surface area contributed by atoms with Gasteiger partial charge in [0.15, 0.2) is 0 Å². The van der Waals surface area contributed by atoms with Crippen LogP contribution in [0.2, 0.25) is 0 Å². The van der Waals surface area contributed by atoms with Crippen molar-refractivity contribution in [3.8, 4) is 0 Å². The van der Waals surface area contributed by atoms with Crippen molar-refractivity contribution < 1.29 is 9.53 Å². The molecule has 2 unspecified atom stereocenters. The zero-order valence-electron chi connectivity index (χ0n) is 12.4. The Labute approximate surface area is 134 Å². The van der Waals surface area contributed by atoms with Gasteiger partial charge in [0.25, 0.3) is 0 Å². The zero-order valence-corrected chi connectivity index (χ0v) is 13.2. The van der Waals surface area contributed by atoms with Crippen LogP contribution in [-0.2, 0) is 22.4 Å². The normalized spacial score (nSPS) is 20.9. The largest absolute Gasteiger partial charge is 0.379 e. The van der Waals surface area contributed by atoms with Crippen LogP contribution in [0.25, 0.3) is 0 Å².